The van der Waals surface area contributed by atoms with Crippen LogP contribution in [0.1, 0.15) is 29.4 Å². The molecule has 0 saturated heterocycles. The fraction of sp³-hybridized carbons (Fsp3) is 0.333. The lowest BCUT2D eigenvalue weighted by molar-refractivity contribution is 0.0693. The van der Waals surface area contributed by atoms with Gasteiger partial charge in [0.1, 0.15) is 11.3 Å². The molecular formula is C9H11NO3. The smallest absolute Gasteiger partial charge is 0.339 e. The summed E-state index contributed by atoms with van der Waals surface area (Å²) in [6.45, 7) is 1.98. The summed E-state index contributed by atoms with van der Waals surface area (Å²) in [4.78, 5) is 14.5. The number of hydrogen-bond acceptors (Lipinski definition) is 3. The number of nitrogens with zero attached hydrogens (tertiary/aromatic N) is 1. The normalized spacial score (nSPS) is 9.92. The van der Waals surface area contributed by atoms with Gasteiger partial charge in [-0.25, -0.2) is 4.79 Å². The number of carboxylic acid groups (broad SMARTS) is 1. The topological polar surface area (TPSA) is 70.4 Å². The van der Waals surface area contributed by atoms with Gasteiger partial charge in [-0.3, -0.25) is 4.98 Å². The zero-order valence-electron chi connectivity index (χ0n) is 7.32. The molecule has 0 radical (unpaired) electrons. The Hall–Kier alpha value is -1.58. The van der Waals surface area contributed by atoms with Gasteiger partial charge in [0.15, 0.2) is 0 Å². The lowest BCUT2D eigenvalue weighted by atomic mass is 10.1. The zero-order chi connectivity index (χ0) is 9.84. The lowest BCUT2D eigenvalue weighted by Gasteiger charge is -2.01. The van der Waals surface area contributed by atoms with Crippen LogP contribution < -0.4 is 0 Å². The standard InChI is InChI=1S/C9H11NO3/c1-2-3-6-4-7(9(12)13)8(11)5-10-6/h4-5,11H,2-3H2,1H3,(H,12,13). The maximum absolute atomic E-state index is 10.6. The summed E-state index contributed by atoms with van der Waals surface area (Å²) < 4.78 is 0. The van der Waals surface area contributed by atoms with Crippen LogP contribution in [0, 0.1) is 0 Å². The minimum Gasteiger partial charge on any atom is -0.505 e. The summed E-state index contributed by atoms with van der Waals surface area (Å²) in [5, 5.41) is 17.8. The maximum atomic E-state index is 10.6. The molecule has 0 bridgehead atoms. The molecule has 0 aliphatic rings. The minimum atomic E-state index is -1.13. The van der Waals surface area contributed by atoms with Crippen LogP contribution in [0.5, 0.6) is 5.75 Å². The molecule has 2 N–H and O–H groups in total. The fourth-order valence-corrected chi connectivity index (χ4v) is 1.06. The van der Waals surface area contributed by atoms with Crippen LogP contribution >= 0.6 is 0 Å². The van der Waals surface area contributed by atoms with Crippen molar-refractivity contribution in [3.05, 3.63) is 23.5 Å². The predicted molar refractivity (Wildman–Crippen MR) is 46.9 cm³/mol. The molecule has 0 fully saturated rings. The monoisotopic (exact) mass is 181 g/mol. The molecule has 0 aliphatic carbocycles. The first-order valence-electron chi connectivity index (χ1n) is 4.06. The molecule has 0 unspecified atom stereocenters. The van der Waals surface area contributed by atoms with Gasteiger partial charge in [-0.2, -0.15) is 0 Å². The number of pyridine rings is 1. The van der Waals surface area contributed by atoms with E-state index in [2.05, 4.69) is 4.98 Å². The largest absolute Gasteiger partial charge is 0.505 e. The highest BCUT2D eigenvalue weighted by Gasteiger charge is 2.10. The van der Waals surface area contributed by atoms with Gasteiger partial charge in [-0.15, -0.1) is 0 Å². The third-order valence-corrected chi connectivity index (χ3v) is 1.68. The first-order chi connectivity index (χ1) is 6.15. The number of aryl methyl sites for hydroxylation is 1. The zero-order valence-corrected chi connectivity index (χ0v) is 7.32. The quantitative estimate of drug-likeness (QED) is 0.740. The van der Waals surface area contributed by atoms with Gasteiger partial charge in [0.25, 0.3) is 0 Å². The van der Waals surface area contributed by atoms with Gasteiger partial charge < -0.3 is 10.2 Å². The van der Waals surface area contributed by atoms with Crippen molar-refractivity contribution in [1.82, 2.24) is 4.98 Å². The molecule has 0 aliphatic heterocycles. The van der Waals surface area contributed by atoms with E-state index in [0.29, 0.717) is 5.69 Å². The summed E-state index contributed by atoms with van der Waals surface area (Å²) >= 11 is 0. The van der Waals surface area contributed by atoms with Gasteiger partial charge in [0.05, 0.1) is 6.20 Å². The summed E-state index contributed by atoms with van der Waals surface area (Å²) in [5.74, 6) is -1.41. The Bertz CT molecular complexity index is 323. The average Bonchev–Trinajstić information content (AvgIpc) is 2.08. The predicted octanol–water partition coefficient (Wildman–Crippen LogP) is 1.44. The van der Waals surface area contributed by atoms with Crippen LogP contribution in [0.15, 0.2) is 12.3 Å². The molecule has 13 heavy (non-hydrogen) atoms. The summed E-state index contributed by atoms with van der Waals surface area (Å²) in [6, 6.07) is 1.40. The highest BCUT2D eigenvalue weighted by molar-refractivity contribution is 5.90. The maximum Gasteiger partial charge on any atom is 0.339 e. The Labute approximate surface area is 75.9 Å². The molecule has 0 atom stereocenters. The molecule has 0 aromatic carbocycles. The van der Waals surface area contributed by atoms with Crippen LogP contribution in [-0.2, 0) is 6.42 Å². The van der Waals surface area contributed by atoms with E-state index in [1.165, 1.54) is 12.3 Å². The number of hydrogen-bond donors (Lipinski definition) is 2. The second-order valence-corrected chi connectivity index (χ2v) is 2.75. The second-order valence-electron chi connectivity index (χ2n) is 2.75. The van der Waals surface area contributed by atoms with Crippen molar-refractivity contribution < 1.29 is 15.0 Å². The number of aromatic hydroxyl groups is 1. The molecule has 1 rings (SSSR count). The molecule has 0 amide bonds. The van der Waals surface area contributed by atoms with E-state index in [-0.39, 0.29) is 11.3 Å². The van der Waals surface area contributed by atoms with E-state index >= 15 is 0 Å². The Balaban J connectivity index is 3.04. The van der Waals surface area contributed by atoms with Crippen molar-refractivity contribution in [1.29, 1.82) is 0 Å². The van der Waals surface area contributed by atoms with Gasteiger partial charge in [0, 0.05) is 5.69 Å². The van der Waals surface area contributed by atoms with E-state index in [9.17, 15) is 4.79 Å². The molecule has 4 heteroatoms. The molecule has 70 valence electrons. The SMILES string of the molecule is CCCc1cc(C(=O)O)c(O)cn1. The van der Waals surface area contributed by atoms with Crippen LogP contribution in [0.2, 0.25) is 0 Å². The Morgan fingerprint density at radius 3 is 2.85 bits per heavy atom. The highest BCUT2D eigenvalue weighted by Crippen LogP contribution is 2.16. The van der Waals surface area contributed by atoms with E-state index in [4.69, 9.17) is 10.2 Å². The average molecular weight is 181 g/mol. The van der Waals surface area contributed by atoms with E-state index < -0.39 is 5.97 Å². The van der Waals surface area contributed by atoms with E-state index in [1.54, 1.807) is 0 Å². The third kappa shape index (κ3) is 2.18. The Morgan fingerprint density at radius 1 is 1.62 bits per heavy atom. The number of aromatic carboxylic acids is 1. The summed E-state index contributed by atoms with van der Waals surface area (Å²) in [6.07, 6.45) is 2.80. The van der Waals surface area contributed by atoms with Crippen LogP contribution in [0.3, 0.4) is 0 Å². The summed E-state index contributed by atoms with van der Waals surface area (Å²) in [7, 11) is 0. The Morgan fingerprint density at radius 2 is 2.31 bits per heavy atom. The number of rotatable bonds is 3. The van der Waals surface area contributed by atoms with E-state index in [1.807, 2.05) is 6.92 Å². The minimum absolute atomic E-state index is 0.0848. The third-order valence-electron chi connectivity index (χ3n) is 1.68. The molecule has 0 spiro atoms. The van der Waals surface area contributed by atoms with Crippen LogP contribution in [0.25, 0.3) is 0 Å². The van der Waals surface area contributed by atoms with Gasteiger partial charge in [0.2, 0.25) is 0 Å². The molecule has 1 aromatic heterocycles. The van der Waals surface area contributed by atoms with Gasteiger partial charge >= 0.3 is 5.97 Å². The number of aromatic nitrogens is 1. The van der Waals surface area contributed by atoms with E-state index in [0.717, 1.165) is 12.8 Å². The fourth-order valence-electron chi connectivity index (χ4n) is 1.06. The summed E-state index contributed by atoms with van der Waals surface area (Å²) in [5.41, 5.74) is 0.608. The van der Waals surface area contributed by atoms with Crippen molar-refractivity contribution in [2.45, 2.75) is 19.8 Å². The second kappa shape index (κ2) is 3.89. The molecule has 4 nitrogen and oxygen atoms in total. The van der Waals surface area contributed by atoms with Crippen LogP contribution in [-0.4, -0.2) is 21.2 Å². The number of carboxylic acids is 1. The Kier molecular flexibility index (Phi) is 2.84. The number of carbonyl (C=O) groups is 1. The highest BCUT2D eigenvalue weighted by atomic mass is 16.4. The van der Waals surface area contributed by atoms with Crippen molar-refractivity contribution >= 4 is 5.97 Å². The molecule has 1 heterocycles. The molecular weight excluding hydrogens is 170 g/mol. The molecule has 0 saturated carbocycles. The van der Waals surface area contributed by atoms with Gasteiger partial charge in [-0.1, -0.05) is 13.3 Å². The lowest BCUT2D eigenvalue weighted by Crippen LogP contribution is -2.00. The van der Waals surface area contributed by atoms with Crippen molar-refractivity contribution in [2.24, 2.45) is 0 Å². The first kappa shape index (κ1) is 9.51. The van der Waals surface area contributed by atoms with Crippen molar-refractivity contribution in [3.63, 3.8) is 0 Å². The van der Waals surface area contributed by atoms with Gasteiger partial charge in [-0.05, 0) is 12.5 Å². The van der Waals surface area contributed by atoms with Crippen LogP contribution in [0.4, 0.5) is 0 Å². The van der Waals surface area contributed by atoms with Crippen molar-refractivity contribution in [3.8, 4) is 5.75 Å². The first-order valence-corrected chi connectivity index (χ1v) is 4.06. The molecule has 1 aromatic rings. The van der Waals surface area contributed by atoms with Crippen molar-refractivity contribution in [2.75, 3.05) is 0 Å².